The van der Waals surface area contributed by atoms with Crippen LogP contribution in [0.3, 0.4) is 0 Å². The van der Waals surface area contributed by atoms with Crippen molar-refractivity contribution in [1.29, 1.82) is 0 Å². The molecule has 1 aliphatic heterocycles. The Balaban J connectivity index is 1.68. The van der Waals surface area contributed by atoms with Gasteiger partial charge in [0.15, 0.2) is 0 Å². The van der Waals surface area contributed by atoms with Gasteiger partial charge in [-0.2, -0.15) is 0 Å². The second kappa shape index (κ2) is 6.76. The first-order valence-corrected chi connectivity index (χ1v) is 11.5. The zero-order valence-corrected chi connectivity index (χ0v) is 19.4. The van der Waals surface area contributed by atoms with Crippen molar-refractivity contribution < 1.29 is 19.1 Å². The van der Waals surface area contributed by atoms with E-state index in [2.05, 4.69) is 31.9 Å². The Labute approximate surface area is 191 Å². The van der Waals surface area contributed by atoms with Crippen LogP contribution in [0.5, 0.6) is 0 Å². The molecule has 30 heavy (non-hydrogen) atoms. The van der Waals surface area contributed by atoms with Crippen molar-refractivity contribution in [3.8, 4) is 0 Å². The average molecular weight is 533 g/mol. The molecule has 1 heterocycles. The molecule has 5 nitrogen and oxygen atoms in total. The molecule has 0 unspecified atom stereocenters. The SMILES string of the molecule is CCCOC(=O)CN1C(=O)[C@@H]2[C@@H](C1=O)C1(Br)c3ccccc3C2(Br)c2ccccc21. The normalized spacial score (nSPS) is 30.7. The zero-order chi connectivity index (χ0) is 21.3. The number of carbonyl (C=O) groups excluding carboxylic acids is 3. The molecule has 2 amide bonds. The summed E-state index contributed by atoms with van der Waals surface area (Å²) >= 11 is 7.86. The number of hydrogen-bond acceptors (Lipinski definition) is 4. The van der Waals surface area contributed by atoms with Crippen molar-refractivity contribution in [3.63, 3.8) is 0 Å². The third-order valence-electron chi connectivity index (χ3n) is 6.43. The molecule has 2 aromatic carbocycles. The Morgan fingerprint density at radius 2 is 1.30 bits per heavy atom. The van der Waals surface area contributed by atoms with Crippen LogP contribution in [-0.4, -0.2) is 35.8 Å². The molecule has 4 aliphatic rings. The molecular formula is C23H19Br2NO4. The number of nitrogens with zero attached hydrogens (tertiary/aromatic N) is 1. The number of amides is 2. The van der Waals surface area contributed by atoms with E-state index in [-0.39, 0.29) is 25.0 Å². The predicted octanol–water partition coefficient (Wildman–Crippen LogP) is 3.85. The fourth-order valence-electron chi connectivity index (χ4n) is 5.27. The second-order valence-electron chi connectivity index (χ2n) is 7.95. The molecule has 1 saturated heterocycles. The Morgan fingerprint density at radius 1 is 0.900 bits per heavy atom. The predicted molar refractivity (Wildman–Crippen MR) is 117 cm³/mol. The smallest absolute Gasteiger partial charge is 0.326 e. The Morgan fingerprint density at radius 3 is 1.67 bits per heavy atom. The highest BCUT2D eigenvalue weighted by molar-refractivity contribution is 9.10. The number of likely N-dealkylation sites (tertiary alicyclic amines) is 1. The van der Waals surface area contributed by atoms with Crippen molar-refractivity contribution in [3.05, 3.63) is 70.8 Å². The molecule has 3 aliphatic carbocycles. The monoisotopic (exact) mass is 531 g/mol. The van der Waals surface area contributed by atoms with E-state index in [0.29, 0.717) is 6.42 Å². The molecule has 0 radical (unpaired) electrons. The largest absolute Gasteiger partial charge is 0.464 e. The summed E-state index contributed by atoms with van der Waals surface area (Å²) in [5, 5.41) is 0. The number of esters is 1. The van der Waals surface area contributed by atoms with Crippen LogP contribution in [0.4, 0.5) is 0 Å². The molecule has 6 rings (SSSR count). The van der Waals surface area contributed by atoms with E-state index in [0.717, 1.165) is 27.2 Å². The van der Waals surface area contributed by atoms with Gasteiger partial charge in [-0.1, -0.05) is 87.3 Å². The van der Waals surface area contributed by atoms with Crippen LogP contribution in [-0.2, 0) is 27.8 Å². The quantitative estimate of drug-likeness (QED) is 0.341. The number of hydrogen-bond donors (Lipinski definition) is 0. The van der Waals surface area contributed by atoms with Gasteiger partial charge in [0.1, 0.15) is 6.54 Å². The van der Waals surface area contributed by atoms with Crippen LogP contribution in [0.15, 0.2) is 48.5 Å². The standard InChI is InChI=1S/C23H19Br2NO4/c1-2-11-30-17(27)12-26-20(28)18-19(21(26)29)23(25)14-8-4-3-7-13(14)22(18,24)15-9-5-6-10-16(15)23/h3-10,18-19H,2,11-12H2,1H3/t18-,19-,22?,23?/m0/s1. The number of imide groups is 1. The zero-order valence-electron chi connectivity index (χ0n) is 16.2. The molecular weight excluding hydrogens is 514 g/mol. The van der Waals surface area contributed by atoms with Gasteiger partial charge in [0.2, 0.25) is 11.8 Å². The minimum Gasteiger partial charge on any atom is -0.464 e. The fraction of sp³-hybridized carbons (Fsp3) is 0.348. The minimum absolute atomic E-state index is 0.267. The molecule has 0 N–H and O–H groups in total. The first-order chi connectivity index (χ1) is 14.4. The maximum atomic E-state index is 13.6. The van der Waals surface area contributed by atoms with Gasteiger partial charge in [0, 0.05) is 0 Å². The molecule has 2 atom stereocenters. The van der Waals surface area contributed by atoms with Gasteiger partial charge in [0.25, 0.3) is 0 Å². The van der Waals surface area contributed by atoms with E-state index >= 15 is 0 Å². The Hall–Kier alpha value is -1.99. The van der Waals surface area contributed by atoms with E-state index in [1.807, 2.05) is 55.5 Å². The maximum Gasteiger partial charge on any atom is 0.326 e. The molecule has 2 aromatic rings. The van der Waals surface area contributed by atoms with Gasteiger partial charge in [-0.25, -0.2) is 0 Å². The first kappa shape index (κ1) is 19.9. The summed E-state index contributed by atoms with van der Waals surface area (Å²) in [6, 6.07) is 15.8. The van der Waals surface area contributed by atoms with Crippen molar-refractivity contribution in [2.45, 2.75) is 22.0 Å². The average Bonchev–Trinajstić information content (AvgIpc) is 3.02. The lowest BCUT2D eigenvalue weighted by Crippen LogP contribution is -2.56. The maximum absolute atomic E-state index is 13.6. The number of rotatable bonds is 4. The van der Waals surface area contributed by atoms with E-state index in [1.54, 1.807) is 0 Å². The van der Waals surface area contributed by atoms with Crippen LogP contribution in [0.2, 0.25) is 0 Å². The molecule has 7 heteroatoms. The molecule has 1 fully saturated rings. The van der Waals surface area contributed by atoms with Crippen molar-refractivity contribution >= 4 is 49.6 Å². The van der Waals surface area contributed by atoms with Crippen LogP contribution >= 0.6 is 31.9 Å². The number of benzene rings is 2. The molecule has 2 bridgehead atoms. The van der Waals surface area contributed by atoms with E-state index in [4.69, 9.17) is 4.74 Å². The summed E-state index contributed by atoms with van der Waals surface area (Å²) in [5.41, 5.74) is 3.88. The Kier molecular flexibility index (Phi) is 4.49. The summed E-state index contributed by atoms with van der Waals surface area (Å²) in [4.78, 5) is 40.4. The fourth-order valence-corrected chi connectivity index (χ4v) is 7.57. The lowest BCUT2D eigenvalue weighted by atomic mass is 9.54. The first-order valence-electron chi connectivity index (χ1n) is 9.95. The highest BCUT2D eigenvalue weighted by Crippen LogP contribution is 2.70. The molecule has 0 spiro atoms. The van der Waals surface area contributed by atoms with Crippen molar-refractivity contribution in [2.75, 3.05) is 13.2 Å². The molecule has 0 aromatic heterocycles. The number of alkyl halides is 2. The van der Waals surface area contributed by atoms with Gasteiger partial charge in [-0.15, -0.1) is 0 Å². The van der Waals surface area contributed by atoms with Gasteiger partial charge in [-0.05, 0) is 28.7 Å². The molecule has 154 valence electrons. The van der Waals surface area contributed by atoms with Gasteiger partial charge in [-0.3, -0.25) is 19.3 Å². The number of halogens is 2. The Bertz CT molecular complexity index is 977. The highest BCUT2D eigenvalue weighted by atomic mass is 79.9. The van der Waals surface area contributed by atoms with Crippen molar-refractivity contribution in [1.82, 2.24) is 4.90 Å². The van der Waals surface area contributed by atoms with Crippen LogP contribution in [0.25, 0.3) is 0 Å². The third kappa shape index (κ3) is 2.31. The van der Waals surface area contributed by atoms with Crippen molar-refractivity contribution in [2.24, 2.45) is 11.8 Å². The summed E-state index contributed by atoms with van der Waals surface area (Å²) in [5.74, 6) is -2.57. The summed E-state index contributed by atoms with van der Waals surface area (Å²) in [6.07, 6.45) is 0.679. The number of carbonyl (C=O) groups is 3. The summed E-state index contributed by atoms with van der Waals surface area (Å²) in [7, 11) is 0. The third-order valence-corrected chi connectivity index (χ3v) is 9.13. The summed E-state index contributed by atoms with van der Waals surface area (Å²) in [6.45, 7) is 1.80. The van der Waals surface area contributed by atoms with Gasteiger partial charge < -0.3 is 4.74 Å². The van der Waals surface area contributed by atoms with Gasteiger partial charge >= 0.3 is 5.97 Å². The topological polar surface area (TPSA) is 63.7 Å². The lowest BCUT2D eigenvalue weighted by molar-refractivity contribution is -0.153. The number of ether oxygens (including phenoxy) is 1. The second-order valence-corrected chi connectivity index (χ2v) is 10.5. The molecule has 0 saturated carbocycles. The van der Waals surface area contributed by atoms with Crippen LogP contribution in [0, 0.1) is 11.8 Å². The lowest BCUT2D eigenvalue weighted by Gasteiger charge is -2.55. The van der Waals surface area contributed by atoms with Crippen LogP contribution < -0.4 is 0 Å². The van der Waals surface area contributed by atoms with Gasteiger partial charge in [0.05, 0.1) is 27.1 Å². The summed E-state index contributed by atoms with van der Waals surface area (Å²) < 4.78 is 3.46. The van der Waals surface area contributed by atoms with E-state index in [1.165, 1.54) is 0 Å². The van der Waals surface area contributed by atoms with Crippen LogP contribution in [0.1, 0.15) is 35.6 Å². The highest BCUT2D eigenvalue weighted by Gasteiger charge is 2.72. The van der Waals surface area contributed by atoms with E-state index in [9.17, 15) is 14.4 Å². The van der Waals surface area contributed by atoms with E-state index < -0.39 is 26.5 Å². The minimum atomic E-state index is -0.838.